The molecule has 1 fully saturated rings. The van der Waals surface area contributed by atoms with Crippen LogP contribution >= 0.6 is 11.6 Å². The Morgan fingerprint density at radius 3 is 3.00 bits per heavy atom. The summed E-state index contributed by atoms with van der Waals surface area (Å²) in [6.07, 6.45) is 9.95. The summed E-state index contributed by atoms with van der Waals surface area (Å²) in [4.78, 5) is 0. The summed E-state index contributed by atoms with van der Waals surface area (Å²) in [6.45, 7) is 0. The monoisotopic (exact) mass is 268 g/mol. The van der Waals surface area contributed by atoms with Crippen molar-refractivity contribution >= 4 is 11.6 Å². The van der Waals surface area contributed by atoms with Gasteiger partial charge in [0, 0.05) is 12.0 Å². The highest BCUT2D eigenvalue weighted by molar-refractivity contribution is 6.21. The number of nitrogens with two attached hydrogens (primary N) is 1. The largest absolute Gasteiger partial charge is 0.315 e. The van der Waals surface area contributed by atoms with E-state index in [1.165, 1.54) is 0 Å². The Morgan fingerprint density at radius 2 is 2.22 bits per heavy atom. The lowest BCUT2D eigenvalue weighted by molar-refractivity contribution is 0.360. The topological polar surface area (TPSA) is 38.0 Å². The van der Waals surface area contributed by atoms with Crippen molar-refractivity contribution in [1.29, 1.82) is 0 Å². The van der Waals surface area contributed by atoms with Crippen LogP contribution < -0.4 is 11.1 Å². The number of allylic oxidation sites excluding steroid dienone is 4. The van der Waals surface area contributed by atoms with Crippen molar-refractivity contribution in [1.82, 2.24) is 5.32 Å². The number of hydrogen-bond acceptors (Lipinski definition) is 2. The van der Waals surface area contributed by atoms with Crippen molar-refractivity contribution in [3.8, 4) is 0 Å². The Kier molecular flexibility index (Phi) is 3.31. The summed E-state index contributed by atoms with van der Waals surface area (Å²) in [5.74, 6) is 0.302. The maximum absolute atomic E-state index is 14.0. The van der Waals surface area contributed by atoms with Crippen LogP contribution in [0.25, 0.3) is 0 Å². The molecule has 2 aliphatic carbocycles. The Labute approximate surface area is 112 Å². The van der Waals surface area contributed by atoms with Gasteiger partial charge in [-0.25, -0.2) is 4.39 Å². The summed E-state index contributed by atoms with van der Waals surface area (Å²) in [5, 5.41) is 3.40. The second-order valence-corrected chi connectivity index (χ2v) is 5.92. The van der Waals surface area contributed by atoms with Crippen molar-refractivity contribution < 1.29 is 4.39 Å². The van der Waals surface area contributed by atoms with E-state index in [1.54, 1.807) is 6.08 Å². The van der Waals surface area contributed by atoms with Crippen LogP contribution in [0, 0.1) is 11.8 Å². The molecule has 0 saturated carbocycles. The summed E-state index contributed by atoms with van der Waals surface area (Å²) in [7, 11) is 0. The Balaban J connectivity index is 1.91. The van der Waals surface area contributed by atoms with Gasteiger partial charge in [-0.2, -0.15) is 0 Å². The van der Waals surface area contributed by atoms with Crippen LogP contribution in [0.3, 0.4) is 0 Å². The number of halogens is 2. The van der Waals surface area contributed by atoms with Gasteiger partial charge in [0.15, 0.2) is 0 Å². The van der Waals surface area contributed by atoms with E-state index in [2.05, 4.69) is 11.4 Å². The van der Waals surface area contributed by atoms with Gasteiger partial charge in [0.25, 0.3) is 0 Å². The number of alkyl halides is 1. The van der Waals surface area contributed by atoms with Crippen molar-refractivity contribution in [3.63, 3.8) is 0 Å². The van der Waals surface area contributed by atoms with Crippen molar-refractivity contribution in [2.24, 2.45) is 17.6 Å². The van der Waals surface area contributed by atoms with E-state index in [0.29, 0.717) is 5.92 Å². The molecule has 18 heavy (non-hydrogen) atoms. The van der Waals surface area contributed by atoms with Gasteiger partial charge in [-0.1, -0.05) is 18.2 Å². The van der Waals surface area contributed by atoms with E-state index >= 15 is 0 Å². The summed E-state index contributed by atoms with van der Waals surface area (Å²) >= 11 is 6.19. The minimum Gasteiger partial charge on any atom is -0.315 e. The second-order valence-electron chi connectivity index (χ2n) is 5.36. The first-order valence-corrected chi connectivity index (χ1v) is 6.99. The molecule has 0 radical (unpaired) electrons. The zero-order valence-electron chi connectivity index (χ0n) is 10.2. The minimum atomic E-state index is -0.168. The van der Waals surface area contributed by atoms with E-state index in [1.807, 2.05) is 12.2 Å². The highest BCUT2D eigenvalue weighted by atomic mass is 35.5. The lowest BCUT2D eigenvalue weighted by Crippen LogP contribution is -2.39. The van der Waals surface area contributed by atoms with Crippen LogP contribution in [0.1, 0.15) is 19.3 Å². The molecule has 5 unspecified atom stereocenters. The van der Waals surface area contributed by atoms with Crippen LogP contribution in [0.5, 0.6) is 0 Å². The molecule has 1 aliphatic heterocycles. The zero-order chi connectivity index (χ0) is 12.7. The average Bonchev–Trinajstić information content (AvgIpc) is 2.66. The van der Waals surface area contributed by atoms with Gasteiger partial charge in [-0.3, -0.25) is 5.32 Å². The first-order valence-electron chi connectivity index (χ1n) is 6.56. The highest BCUT2D eigenvalue weighted by Gasteiger charge is 2.44. The second kappa shape index (κ2) is 4.80. The normalized spacial score (nSPS) is 43.4. The number of fused-ring (bicyclic) bond motifs is 1. The number of rotatable bonds is 1. The van der Waals surface area contributed by atoms with Gasteiger partial charge < -0.3 is 5.73 Å². The summed E-state index contributed by atoms with van der Waals surface area (Å²) in [6, 6.07) is 0.242. The third kappa shape index (κ3) is 2.04. The molecule has 2 nitrogen and oxygen atoms in total. The molecule has 0 aromatic carbocycles. The molecule has 1 saturated heterocycles. The van der Waals surface area contributed by atoms with Gasteiger partial charge in [0.2, 0.25) is 0 Å². The molecule has 1 heterocycles. The van der Waals surface area contributed by atoms with E-state index in [4.69, 9.17) is 17.3 Å². The Morgan fingerprint density at radius 1 is 1.39 bits per heavy atom. The van der Waals surface area contributed by atoms with Crippen molar-refractivity contribution in [2.45, 2.75) is 36.8 Å². The molecule has 0 aromatic heterocycles. The fourth-order valence-corrected chi connectivity index (χ4v) is 3.75. The molecule has 5 atom stereocenters. The van der Waals surface area contributed by atoms with Gasteiger partial charge in [0.05, 0.1) is 11.5 Å². The highest BCUT2D eigenvalue weighted by Crippen LogP contribution is 2.42. The first-order chi connectivity index (χ1) is 8.66. The average molecular weight is 269 g/mol. The van der Waals surface area contributed by atoms with Crippen LogP contribution in [-0.2, 0) is 0 Å². The van der Waals surface area contributed by atoms with Crippen molar-refractivity contribution in [2.75, 3.05) is 0 Å². The molecule has 98 valence electrons. The first kappa shape index (κ1) is 12.4. The zero-order valence-corrected chi connectivity index (χ0v) is 10.9. The van der Waals surface area contributed by atoms with Crippen molar-refractivity contribution in [3.05, 3.63) is 35.7 Å². The predicted octanol–water partition coefficient (Wildman–Crippen LogP) is 2.62. The maximum Gasteiger partial charge on any atom is 0.122 e. The van der Waals surface area contributed by atoms with E-state index < -0.39 is 0 Å². The van der Waals surface area contributed by atoms with Crippen LogP contribution in [0.15, 0.2) is 35.7 Å². The molecule has 0 amide bonds. The molecule has 4 heteroatoms. The molecule has 0 spiro atoms. The fourth-order valence-electron chi connectivity index (χ4n) is 3.46. The van der Waals surface area contributed by atoms with Crippen LogP contribution in [0.4, 0.5) is 4.39 Å². The van der Waals surface area contributed by atoms with Crippen LogP contribution in [0.2, 0.25) is 0 Å². The number of nitrogens with one attached hydrogen (secondary N) is 1. The lowest BCUT2D eigenvalue weighted by atomic mass is 9.76. The molecule has 0 aromatic rings. The summed E-state index contributed by atoms with van der Waals surface area (Å²) < 4.78 is 14.0. The van der Waals surface area contributed by atoms with E-state index in [-0.39, 0.29) is 29.3 Å². The van der Waals surface area contributed by atoms with E-state index in [0.717, 1.165) is 24.8 Å². The SMILES string of the molecule is NC1NC2C=CC(Cl)CC2C1C1=C(F)C=CCC1. The van der Waals surface area contributed by atoms with Gasteiger partial charge in [-0.05, 0) is 36.8 Å². The van der Waals surface area contributed by atoms with E-state index in [9.17, 15) is 4.39 Å². The molecular formula is C14H18ClFN2. The molecule has 3 rings (SSSR count). The quantitative estimate of drug-likeness (QED) is 0.567. The standard InChI is InChI=1S/C14H18ClFN2/c15-8-5-6-12-10(7-8)13(14(17)18-12)9-3-1-2-4-11(9)16/h2,4-6,8,10,12-14,18H,1,3,7,17H2. The molecule has 3 aliphatic rings. The molecular weight excluding hydrogens is 251 g/mol. The lowest BCUT2D eigenvalue weighted by Gasteiger charge is -2.30. The smallest absolute Gasteiger partial charge is 0.122 e. The van der Waals surface area contributed by atoms with Gasteiger partial charge in [-0.15, -0.1) is 11.6 Å². The minimum absolute atomic E-state index is 0.0450. The molecule has 0 bridgehead atoms. The summed E-state index contributed by atoms with van der Waals surface area (Å²) in [5.41, 5.74) is 7.04. The third-order valence-corrected chi connectivity index (χ3v) is 4.60. The Bertz CT molecular complexity index is 430. The fraction of sp³-hybridized carbons (Fsp3) is 0.571. The van der Waals surface area contributed by atoms with Gasteiger partial charge >= 0.3 is 0 Å². The number of hydrogen-bond donors (Lipinski definition) is 2. The maximum atomic E-state index is 14.0. The predicted molar refractivity (Wildman–Crippen MR) is 71.8 cm³/mol. The molecule has 3 N–H and O–H groups in total. The third-order valence-electron chi connectivity index (χ3n) is 4.27. The Hall–Kier alpha value is -0.640. The van der Waals surface area contributed by atoms with Gasteiger partial charge in [0.1, 0.15) is 5.83 Å². The van der Waals surface area contributed by atoms with Crippen LogP contribution in [-0.4, -0.2) is 17.6 Å².